The van der Waals surface area contributed by atoms with Crippen molar-refractivity contribution < 1.29 is 23.5 Å². The maximum atomic E-state index is 13.8. The van der Waals surface area contributed by atoms with E-state index in [4.69, 9.17) is 5.11 Å². The number of carboxylic acids is 1. The highest BCUT2D eigenvalue weighted by molar-refractivity contribution is 5.84. The highest BCUT2D eigenvalue weighted by atomic mass is 19.3. The summed E-state index contributed by atoms with van der Waals surface area (Å²) >= 11 is 0. The van der Waals surface area contributed by atoms with E-state index in [1.54, 1.807) is 6.07 Å². The molecule has 0 unspecified atom stereocenters. The highest BCUT2D eigenvalue weighted by Crippen LogP contribution is 2.27. The fraction of sp³-hybridized carbons (Fsp3) is 0.500. The second kappa shape index (κ2) is 9.12. The molecule has 1 aromatic rings. The van der Waals surface area contributed by atoms with Gasteiger partial charge in [-0.3, -0.25) is 9.59 Å². The second-order valence-electron chi connectivity index (χ2n) is 5.11. The van der Waals surface area contributed by atoms with Crippen molar-refractivity contribution in [1.29, 1.82) is 0 Å². The third kappa shape index (κ3) is 6.20. The van der Waals surface area contributed by atoms with Crippen molar-refractivity contribution in [2.75, 3.05) is 6.54 Å². The van der Waals surface area contributed by atoms with E-state index in [0.717, 1.165) is 19.3 Å². The minimum atomic E-state index is -3.53. The van der Waals surface area contributed by atoms with Crippen molar-refractivity contribution in [3.05, 3.63) is 35.9 Å². The summed E-state index contributed by atoms with van der Waals surface area (Å²) in [7, 11) is 0. The van der Waals surface area contributed by atoms with Gasteiger partial charge in [0.1, 0.15) is 0 Å². The minimum Gasteiger partial charge on any atom is -0.481 e. The van der Waals surface area contributed by atoms with E-state index in [-0.39, 0.29) is 18.5 Å². The quantitative estimate of drug-likeness (QED) is 0.651. The van der Waals surface area contributed by atoms with Gasteiger partial charge in [-0.05, 0) is 12.8 Å². The molecule has 0 spiro atoms. The van der Waals surface area contributed by atoms with Crippen LogP contribution in [0, 0.1) is 0 Å². The van der Waals surface area contributed by atoms with Crippen LogP contribution in [-0.4, -0.2) is 23.5 Å². The molecular weight excluding hydrogens is 292 g/mol. The standard InChI is InChI=1S/C16H21F2NO3/c17-16(18,13-9-5-4-6-10-13)15(22)19-12-8-3-1-2-7-11-14(20)21/h4-6,9-10H,1-3,7-8,11-12H2,(H,19,22)(H,20,21). The van der Waals surface area contributed by atoms with E-state index in [2.05, 4.69) is 5.32 Å². The monoisotopic (exact) mass is 313 g/mol. The van der Waals surface area contributed by atoms with Gasteiger partial charge in [0.2, 0.25) is 0 Å². The number of carboxylic acid groups (broad SMARTS) is 1. The summed E-state index contributed by atoms with van der Waals surface area (Å²) in [6, 6.07) is 6.99. The summed E-state index contributed by atoms with van der Waals surface area (Å²) in [5.41, 5.74) is -0.318. The molecule has 0 heterocycles. The van der Waals surface area contributed by atoms with Crippen molar-refractivity contribution in [3.63, 3.8) is 0 Å². The third-order valence-electron chi connectivity index (χ3n) is 3.27. The number of alkyl halides is 2. The van der Waals surface area contributed by atoms with Gasteiger partial charge in [0.05, 0.1) is 0 Å². The molecule has 0 aromatic heterocycles. The number of unbranched alkanes of at least 4 members (excludes halogenated alkanes) is 4. The molecular formula is C16H21F2NO3. The SMILES string of the molecule is O=C(O)CCCCCCCNC(=O)C(F)(F)c1ccccc1. The molecule has 0 atom stereocenters. The van der Waals surface area contributed by atoms with Crippen LogP contribution in [0.2, 0.25) is 0 Å². The van der Waals surface area contributed by atoms with Gasteiger partial charge >= 0.3 is 11.9 Å². The highest BCUT2D eigenvalue weighted by Gasteiger charge is 2.40. The number of hydrogen-bond donors (Lipinski definition) is 2. The molecule has 6 heteroatoms. The number of halogens is 2. The summed E-state index contributed by atoms with van der Waals surface area (Å²) < 4.78 is 27.7. The number of hydrogen-bond acceptors (Lipinski definition) is 2. The van der Waals surface area contributed by atoms with E-state index >= 15 is 0 Å². The zero-order chi connectivity index (χ0) is 16.4. The molecule has 2 N–H and O–H groups in total. The van der Waals surface area contributed by atoms with Crippen LogP contribution in [0.3, 0.4) is 0 Å². The lowest BCUT2D eigenvalue weighted by Crippen LogP contribution is -2.38. The maximum Gasteiger partial charge on any atom is 0.349 e. The molecule has 0 fully saturated rings. The summed E-state index contributed by atoms with van der Waals surface area (Å²) in [6.45, 7) is 0.195. The molecule has 1 aromatic carbocycles. The van der Waals surface area contributed by atoms with Crippen molar-refractivity contribution >= 4 is 11.9 Å². The van der Waals surface area contributed by atoms with E-state index in [1.165, 1.54) is 24.3 Å². The van der Waals surface area contributed by atoms with Gasteiger partial charge in [-0.25, -0.2) is 0 Å². The Kier molecular flexibility index (Phi) is 7.49. The fourth-order valence-electron chi connectivity index (χ4n) is 2.02. The average Bonchev–Trinajstić information content (AvgIpc) is 2.50. The van der Waals surface area contributed by atoms with E-state index < -0.39 is 17.8 Å². The molecule has 0 radical (unpaired) electrons. The zero-order valence-electron chi connectivity index (χ0n) is 12.4. The molecule has 4 nitrogen and oxygen atoms in total. The summed E-state index contributed by atoms with van der Waals surface area (Å²) in [5, 5.41) is 10.7. The van der Waals surface area contributed by atoms with Crippen LogP contribution in [-0.2, 0) is 15.5 Å². The second-order valence-corrected chi connectivity index (χ2v) is 5.11. The van der Waals surface area contributed by atoms with E-state index in [9.17, 15) is 18.4 Å². The Labute approximate surface area is 128 Å². The van der Waals surface area contributed by atoms with Crippen molar-refractivity contribution in [3.8, 4) is 0 Å². The number of benzene rings is 1. The first-order valence-electron chi connectivity index (χ1n) is 7.38. The van der Waals surface area contributed by atoms with Gasteiger partial charge in [0.15, 0.2) is 0 Å². The molecule has 1 rings (SSSR count). The van der Waals surface area contributed by atoms with Crippen molar-refractivity contribution in [2.24, 2.45) is 0 Å². The Morgan fingerprint density at radius 2 is 1.59 bits per heavy atom. The third-order valence-corrected chi connectivity index (χ3v) is 3.27. The van der Waals surface area contributed by atoms with Crippen LogP contribution in [0.25, 0.3) is 0 Å². The van der Waals surface area contributed by atoms with E-state index in [1.807, 2.05) is 0 Å². The van der Waals surface area contributed by atoms with Gasteiger partial charge in [0.25, 0.3) is 5.91 Å². The Morgan fingerprint density at radius 1 is 1.00 bits per heavy atom. The first kappa shape index (κ1) is 18.1. The fourth-order valence-corrected chi connectivity index (χ4v) is 2.02. The van der Waals surface area contributed by atoms with Gasteiger partial charge in [-0.15, -0.1) is 0 Å². The smallest absolute Gasteiger partial charge is 0.349 e. The van der Waals surface area contributed by atoms with Crippen LogP contribution in [0.5, 0.6) is 0 Å². The number of aliphatic carboxylic acids is 1. The topological polar surface area (TPSA) is 66.4 Å². The predicted octanol–water partition coefficient (Wildman–Crippen LogP) is 3.32. The normalized spacial score (nSPS) is 11.2. The lowest BCUT2D eigenvalue weighted by Gasteiger charge is -2.16. The molecule has 0 aliphatic heterocycles. The molecule has 1 amide bonds. The van der Waals surface area contributed by atoms with Gasteiger partial charge in [-0.1, -0.05) is 49.6 Å². The molecule has 22 heavy (non-hydrogen) atoms. The summed E-state index contributed by atoms with van der Waals surface area (Å²) in [6.07, 6.45) is 3.77. The van der Waals surface area contributed by atoms with E-state index in [0.29, 0.717) is 12.8 Å². The maximum absolute atomic E-state index is 13.8. The van der Waals surface area contributed by atoms with Gasteiger partial charge < -0.3 is 10.4 Å². The number of rotatable bonds is 10. The Balaban J connectivity index is 2.19. The van der Waals surface area contributed by atoms with Crippen LogP contribution in [0.4, 0.5) is 8.78 Å². The molecule has 0 aliphatic carbocycles. The summed E-state index contributed by atoms with van der Waals surface area (Å²) in [5.74, 6) is -5.62. The average molecular weight is 313 g/mol. The molecule has 0 aliphatic rings. The number of nitrogens with one attached hydrogen (secondary N) is 1. The largest absolute Gasteiger partial charge is 0.481 e. The Hall–Kier alpha value is -1.98. The van der Waals surface area contributed by atoms with Crippen LogP contribution in [0.15, 0.2) is 30.3 Å². The first-order chi connectivity index (χ1) is 10.4. The number of carbonyl (C=O) groups is 2. The Morgan fingerprint density at radius 3 is 2.23 bits per heavy atom. The zero-order valence-corrected chi connectivity index (χ0v) is 12.4. The van der Waals surface area contributed by atoms with Crippen LogP contribution >= 0.6 is 0 Å². The molecule has 0 saturated carbocycles. The molecule has 122 valence electrons. The first-order valence-corrected chi connectivity index (χ1v) is 7.38. The van der Waals surface area contributed by atoms with Crippen LogP contribution in [0.1, 0.15) is 44.1 Å². The Bertz CT molecular complexity index is 478. The van der Waals surface area contributed by atoms with Crippen LogP contribution < -0.4 is 5.32 Å². The molecule has 0 bridgehead atoms. The molecule has 0 saturated heterocycles. The number of amides is 1. The van der Waals surface area contributed by atoms with Gasteiger partial charge in [0, 0.05) is 18.5 Å². The van der Waals surface area contributed by atoms with Gasteiger partial charge in [-0.2, -0.15) is 8.78 Å². The van der Waals surface area contributed by atoms with Crippen molar-refractivity contribution in [1.82, 2.24) is 5.32 Å². The van der Waals surface area contributed by atoms with Crippen molar-refractivity contribution in [2.45, 2.75) is 44.4 Å². The minimum absolute atomic E-state index is 0.153. The summed E-state index contributed by atoms with van der Waals surface area (Å²) in [4.78, 5) is 21.9. The predicted molar refractivity (Wildman–Crippen MR) is 78.7 cm³/mol. The lowest BCUT2D eigenvalue weighted by molar-refractivity contribution is -0.147. The lowest BCUT2D eigenvalue weighted by atomic mass is 10.1. The number of carbonyl (C=O) groups excluding carboxylic acids is 1.